The van der Waals surface area contributed by atoms with Gasteiger partial charge in [0.2, 0.25) is 11.7 Å². The van der Waals surface area contributed by atoms with Gasteiger partial charge in [-0.2, -0.15) is 4.57 Å². The summed E-state index contributed by atoms with van der Waals surface area (Å²) in [5.41, 5.74) is 3.38. The van der Waals surface area contributed by atoms with Crippen LogP contribution < -0.4 is 4.57 Å². The Balaban J connectivity index is 2.04. The topological polar surface area (TPSA) is 56.5 Å². The lowest BCUT2D eigenvalue weighted by molar-refractivity contribution is -0.719. The SMILES string of the molecule is COC(=O)C1=C(C(=O)OC)[C@@]2(c3ccccc3)c3ccccc3[C@@H]1[n+]1ccccc12. The average molecular weight is 398 g/mol. The van der Waals surface area contributed by atoms with Gasteiger partial charge in [0.1, 0.15) is 11.0 Å². The highest BCUT2D eigenvalue weighted by Crippen LogP contribution is 2.56. The Morgan fingerprint density at radius 3 is 2.23 bits per heavy atom. The predicted octanol–water partition coefficient (Wildman–Crippen LogP) is 2.87. The lowest BCUT2D eigenvalue weighted by Gasteiger charge is -2.45. The molecule has 0 radical (unpaired) electrons. The first-order valence-electron chi connectivity index (χ1n) is 9.73. The summed E-state index contributed by atoms with van der Waals surface area (Å²) >= 11 is 0. The fourth-order valence-electron chi connectivity index (χ4n) is 5.08. The maximum absolute atomic E-state index is 13.3. The van der Waals surface area contributed by atoms with E-state index in [2.05, 4.69) is 4.57 Å². The van der Waals surface area contributed by atoms with Gasteiger partial charge in [-0.1, -0.05) is 60.7 Å². The number of carbonyl (C=O) groups excluding carboxylic acids is 2. The quantitative estimate of drug-likeness (QED) is 0.503. The van der Waals surface area contributed by atoms with Crippen molar-refractivity contribution in [3.8, 4) is 0 Å². The number of rotatable bonds is 3. The van der Waals surface area contributed by atoms with Crippen molar-refractivity contribution >= 4 is 11.9 Å². The van der Waals surface area contributed by atoms with Gasteiger partial charge in [-0.3, -0.25) is 0 Å². The summed E-state index contributed by atoms with van der Waals surface area (Å²) in [5.74, 6) is -1.06. The normalized spacial score (nSPS) is 20.9. The van der Waals surface area contributed by atoms with Crippen LogP contribution in [-0.2, 0) is 24.5 Å². The number of benzene rings is 2. The van der Waals surface area contributed by atoms with Crippen molar-refractivity contribution < 1.29 is 23.6 Å². The van der Waals surface area contributed by atoms with Crippen molar-refractivity contribution in [2.24, 2.45) is 0 Å². The van der Waals surface area contributed by atoms with E-state index in [4.69, 9.17) is 9.47 Å². The minimum atomic E-state index is -0.996. The molecule has 5 heteroatoms. The van der Waals surface area contributed by atoms with Gasteiger partial charge in [0.05, 0.1) is 19.8 Å². The molecule has 0 amide bonds. The number of esters is 2. The molecule has 2 bridgehead atoms. The van der Waals surface area contributed by atoms with Gasteiger partial charge >= 0.3 is 11.9 Å². The van der Waals surface area contributed by atoms with E-state index < -0.39 is 23.4 Å². The maximum atomic E-state index is 13.3. The van der Waals surface area contributed by atoms with Crippen molar-refractivity contribution in [1.82, 2.24) is 0 Å². The second-order valence-electron chi connectivity index (χ2n) is 7.37. The molecule has 30 heavy (non-hydrogen) atoms. The van der Waals surface area contributed by atoms with Crippen LogP contribution in [0.2, 0.25) is 0 Å². The van der Waals surface area contributed by atoms with Crippen molar-refractivity contribution in [3.63, 3.8) is 0 Å². The summed E-state index contributed by atoms with van der Waals surface area (Å²) in [6.07, 6.45) is 1.95. The molecule has 0 saturated carbocycles. The van der Waals surface area contributed by atoms with E-state index in [1.165, 1.54) is 14.2 Å². The van der Waals surface area contributed by atoms with Crippen LogP contribution in [0.4, 0.5) is 0 Å². The van der Waals surface area contributed by atoms with Gasteiger partial charge in [-0.15, -0.1) is 0 Å². The minimum absolute atomic E-state index is 0.315. The monoisotopic (exact) mass is 398 g/mol. The fraction of sp³-hybridized carbons (Fsp3) is 0.160. The minimum Gasteiger partial charge on any atom is -0.466 e. The molecule has 0 spiro atoms. The van der Waals surface area contributed by atoms with E-state index >= 15 is 0 Å². The van der Waals surface area contributed by atoms with Crippen LogP contribution in [0.1, 0.15) is 28.4 Å². The molecule has 2 atom stereocenters. The zero-order chi connectivity index (χ0) is 20.9. The number of nitrogens with zero attached hydrogens (tertiary/aromatic N) is 1. The number of methoxy groups -OCH3 is 2. The molecule has 3 aromatic rings. The average Bonchev–Trinajstić information content (AvgIpc) is 2.83. The molecule has 0 N–H and O–H groups in total. The molecule has 2 aliphatic heterocycles. The Morgan fingerprint density at radius 1 is 0.833 bits per heavy atom. The van der Waals surface area contributed by atoms with Crippen LogP contribution >= 0.6 is 0 Å². The van der Waals surface area contributed by atoms with Gasteiger partial charge in [0.25, 0.3) is 0 Å². The van der Waals surface area contributed by atoms with E-state index in [1.54, 1.807) is 0 Å². The van der Waals surface area contributed by atoms with Crippen molar-refractivity contribution in [3.05, 3.63) is 113 Å². The Morgan fingerprint density at radius 2 is 1.50 bits per heavy atom. The Hall–Kier alpha value is -3.73. The van der Waals surface area contributed by atoms with Crippen LogP contribution in [-0.4, -0.2) is 26.2 Å². The zero-order valence-corrected chi connectivity index (χ0v) is 16.7. The summed E-state index contributed by atoms with van der Waals surface area (Å²) in [5, 5.41) is 0. The summed E-state index contributed by atoms with van der Waals surface area (Å²) in [6.45, 7) is 0. The van der Waals surface area contributed by atoms with Crippen molar-refractivity contribution in [2.45, 2.75) is 11.5 Å². The number of hydrogen-bond acceptors (Lipinski definition) is 4. The van der Waals surface area contributed by atoms with Crippen molar-refractivity contribution in [1.29, 1.82) is 0 Å². The van der Waals surface area contributed by atoms with E-state index in [1.807, 2.05) is 79.0 Å². The Bertz CT molecular complexity index is 1170. The number of hydrogen-bond donors (Lipinski definition) is 0. The molecule has 1 aliphatic carbocycles. The highest BCUT2D eigenvalue weighted by molar-refractivity contribution is 6.06. The van der Waals surface area contributed by atoms with Gasteiger partial charge in [-0.05, 0) is 11.1 Å². The van der Waals surface area contributed by atoms with Crippen LogP contribution in [0.15, 0.2) is 90.1 Å². The summed E-state index contributed by atoms with van der Waals surface area (Å²) < 4.78 is 12.5. The molecule has 2 aromatic carbocycles. The molecular formula is C25H20NO4+. The summed E-state index contributed by atoms with van der Waals surface area (Å²) in [6, 6.07) is 23.2. The number of pyridine rings is 1. The lowest BCUT2D eigenvalue weighted by atomic mass is 9.57. The number of aromatic nitrogens is 1. The Kier molecular flexibility index (Phi) is 4.07. The highest BCUT2D eigenvalue weighted by Gasteiger charge is 2.63. The second kappa shape index (κ2) is 6.66. The van der Waals surface area contributed by atoms with Gasteiger partial charge in [0.15, 0.2) is 6.20 Å². The molecule has 148 valence electrons. The first kappa shape index (κ1) is 18.3. The van der Waals surface area contributed by atoms with Crippen LogP contribution in [0.5, 0.6) is 0 Å². The standard InChI is InChI=1S/C25H20NO4/c1-29-23(27)20-21(24(28)30-2)25(16-10-4-3-5-11-16)18-13-7-6-12-17(18)22(20)26-15-9-8-14-19(25)26/h3-15,22H,1-2H3/q+1/t22-,25-/m0/s1. The maximum Gasteiger partial charge on any atom is 0.341 e. The lowest BCUT2D eigenvalue weighted by Crippen LogP contribution is -2.62. The second-order valence-corrected chi connectivity index (χ2v) is 7.37. The van der Waals surface area contributed by atoms with E-state index in [-0.39, 0.29) is 0 Å². The first-order valence-corrected chi connectivity index (χ1v) is 9.73. The molecule has 6 rings (SSSR count). The molecule has 0 saturated heterocycles. The van der Waals surface area contributed by atoms with E-state index in [0.29, 0.717) is 11.1 Å². The van der Waals surface area contributed by atoms with Gasteiger partial charge in [-0.25, -0.2) is 9.59 Å². The van der Waals surface area contributed by atoms with Crippen LogP contribution in [0, 0.1) is 0 Å². The molecular weight excluding hydrogens is 378 g/mol. The third-order valence-corrected chi connectivity index (χ3v) is 6.13. The number of carbonyl (C=O) groups is 2. The first-order chi connectivity index (χ1) is 14.7. The largest absolute Gasteiger partial charge is 0.466 e. The Labute approximate surface area is 174 Å². The molecule has 3 aliphatic rings. The molecule has 1 aromatic heterocycles. The summed E-state index contributed by atoms with van der Waals surface area (Å²) in [7, 11) is 2.68. The van der Waals surface area contributed by atoms with E-state index in [9.17, 15) is 9.59 Å². The highest BCUT2D eigenvalue weighted by atomic mass is 16.5. The third kappa shape index (κ3) is 2.15. The molecule has 3 heterocycles. The van der Waals surface area contributed by atoms with Gasteiger partial charge < -0.3 is 9.47 Å². The molecule has 0 unspecified atom stereocenters. The summed E-state index contributed by atoms with van der Waals surface area (Å²) in [4.78, 5) is 26.4. The van der Waals surface area contributed by atoms with E-state index in [0.717, 1.165) is 22.4 Å². The third-order valence-electron chi connectivity index (χ3n) is 6.13. The predicted molar refractivity (Wildman–Crippen MR) is 109 cm³/mol. The zero-order valence-electron chi connectivity index (χ0n) is 16.7. The fourth-order valence-corrected chi connectivity index (χ4v) is 5.08. The van der Waals surface area contributed by atoms with Gasteiger partial charge in [0, 0.05) is 17.7 Å². The smallest absolute Gasteiger partial charge is 0.341 e. The van der Waals surface area contributed by atoms with Crippen molar-refractivity contribution in [2.75, 3.05) is 14.2 Å². The van der Waals surface area contributed by atoms with Crippen LogP contribution in [0.3, 0.4) is 0 Å². The van der Waals surface area contributed by atoms with Crippen LogP contribution in [0.25, 0.3) is 0 Å². The molecule has 0 fully saturated rings. The number of ether oxygens (including phenoxy) is 2. The molecule has 5 nitrogen and oxygen atoms in total.